The maximum absolute atomic E-state index is 5.48. The van der Waals surface area contributed by atoms with Crippen LogP contribution in [0.1, 0.15) is 24.9 Å². The lowest BCUT2D eigenvalue weighted by Gasteiger charge is -2.24. The summed E-state index contributed by atoms with van der Waals surface area (Å²) in [6, 6.07) is 8.33. The SMILES string of the molecule is CCNC(=NCC(c1cccc(OC)c1)N(C)C)NCCCOCCOC. The second-order valence-electron chi connectivity index (χ2n) is 6.36. The summed E-state index contributed by atoms with van der Waals surface area (Å²) in [6.07, 6.45) is 0.918. The molecule has 1 rings (SSSR count). The van der Waals surface area contributed by atoms with Crippen LogP contribution in [-0.2, 0) is 9.47 Å². The Morgan fingerprint density at radius 3 is 2.63 bits per heavy atom. The lowest BCUT2D eigenvalue weighted by Crippen LogP contribution is -2.38. The van der Waals surface area contributed by atoms with Gasteiger partial charge in [0.05, 0.1) is 32.9 Å². The summed E-state index contributed by atoms with van der Waals surface area (Å²) in [7, 11) is 7.50. The molecule has 0 saturated carbocycles. The van der Waals surface area contributed by atoms with E-state index in [2.05, 4.69) is 48.7 Å². The maximum atomic E-state index is 5.48. The zero-order valence-corrected chi connectivity index (χ0v) is 17.5. The number of benzene rings is 1. The van der Waals surface area contributed by atoms with Gasteiger partial charge in [0.15, 0.2) is 5.96 Å². The molecule has 7 nitrogen and oxygen atoms in total. The van der Waals surface area contributed by atoms with Gasteiger partial charge in [0.25, 0.3) is 0 Å². The third-order valence-electron chi connectivity index (χ3n) is 4.06. The van der Waals surface area contributed by atoms with Crippen molar-refractivity contribution in [2.24, 2.45) is 4.99 Å². The second kappa shape index (κ2) is 14.3. The second-order valence-corrected chi connectivity index (χ2v) is 6.36. The van der Waals surface area contributed by atoms with Crippen LogP contribution in [0.3, 0.4) is 0 Å². The van der Waals surface area contributed by atoms with Gasteiger partial charge in [-0.1, -0.05) is 12.1 Å². The van der Waals surface area contributed by atoms with E-state index in [0.717, 1.165) is 31.2 Å². The summed E-state index contributed by atoms with van der Waals surface area (Å²) < 4.78 is 15.8. The first-order valence-corrected chi connectivity index (χ1v) is 9.51. The highest BCUT2D eigenvalue weighted by Crippen LogP contribution is 2.22. The smallest absolute Gasteiger partial charge is 0.191 e. The third kappa shape index (κ3) is 9.60. The fourth-order valence-electron chi connectivity index (χ4n) is 2.56. The minimum atomic E-state index is 0.174. The van der Waals surface area contributed by atoms with E-state index in [9.17, 15) is 0 Å². The molecule has 1 atom stereocenters. The van der Waals surface area contributed by atoms with E-state index in [1.54, 1.807) is 14.2 Å². The van der Waals surface area contributed by atoms with E-state index >= 15 is 0 Å². The van der Waals surface area contributed by atoms with Crippen LogP contribution < -0.4 is 15.4 Å². The van der Waals surface area contributed by atoms with Crippen molar-refractivity contribution in [2.75, 3.05) is 67.8 Å². The van der Waals surface area contributed by atoms with Crippen LogP contribution in [0.2, 0.25) is 0 Å². The quantitative estimate of drug-likeness (QED) is 0.310. The van der Waals surface area contributed by atoms with Crippen molar-refractivity contribution in [3.63, 3.8) is 0 Å². The standard InChI is InChI=1S/C20H36N4O3/c1-6-21-20(22-11-8-12-27-14-13-25-4)23-16-19(24(2)3)17-9-7-10-18(15-17)26-5/h7,9-10,15,19H,6,8,11-14,16H2,1-5H3,(H2,21,22,23). The Morgan fingerprint density at radius 1 is 1.15 bits per heavy atom. The van der Waals surface area contributed by atoms with Gasteiger partial charge in [-0.2, -0.15) is 0 Å². The van der Waals surface area contributed by atoms with Gasteiger partial charge < -0.3 is 29.7 Å². The van der Waals surface area contributed by atoms with Crippen molar-refractivity contribution in [1.82, 2.24) is 15.5 Å². The number of hydrogen-bond donors (Lipinski definition) is 2. The van der Waals surface area contributed by atoms with Gasteiger partial charge in [0.1, 0.15) is 5.75 Å². The van der Waals surface area contributed by atoms with Gasteiger partial charge in [-0.05, 0) is 45.1 Å². The molecule has 0 radical (unpaired) electrons. The topological polar surface area (TPSA) is 67.4 Å². The number of rotatable bonds is 13. The zero-order valence-electron chi connectivity index (χ0n) is 17.5. The molecule has 0 fully saturated rings. The van der Waals surface area contributed by atoms with Gasteiger partial charge in [-0.15, -0.1) is 0 Å². The lowest BCUT2D eigenvalue weighted by molar-refractivity contribution is 0.0698. The highest BCUT2D eigenvalue weighted by atomic mass is 16.5. The Bertz CT molecular complexity index is 538. The van der Waals surface area contributed by atoms with Gasteiger partial charge >= 0.3 is 0 Å². The number of guanidine groups is 1. The molecule has 27 heavy (non-hydrogen) atoms. The van der Waals surface area contributed by atoms with Crippen LogP contribution in [0.25, 0.3) is 0 Å². The molecule has 2 N–H and O–H groups in total. The van der Waals surface area contributed by atoms with Gasteiger partial charge in [0.2, 0.25) is 0 Å². The van der Waals surface area contributed by atoms with Crippen LogP contribution in [0, 0.1) is 0 Å². The number of nitrogens with zero attached hydrogens (tertiary/aromatic N) is 2. The highest BCUT2D eigenvalue weighted by Gasteiger charge is 2.14. The summed E-state index contributed by atoms with van der Waals surface area (Å²) in [5, 5.41) is 6.66. The predicted octanol–water partition coefficient (Wildman–Crippen LogP) is 1.91. The molecule has 1 aromatic rings. The molecule has 154 valence electrons. The molecule has 0 aliphatic rings. The fraction of sp³-hybridized carbons (Fsp3) is 0.650. The normalized spacial score (nSPS) is 12.9. The average molecular weight is 381 g/mol. The molecule has 0 saturated heterocycles. The zero-order chi connectivity index (χ0) is 19.9. The van der Waals surface area contributed by atoms with Crippen molar-refractivity contribution in [3.05, 3.63) is 29.8 Å². The Kier molecular flexibility index (Phi) is 12.3. The summed E-state index contributed by atoms with van der Waals surface area (Å²) in [5.74, 6) is 1.69. The van der Waals surface area contributed by atoms with Gasteiger partial charge in [-0.25, -0.2) is 0 Å². The Hall–Kier alpha value is -1.83. The molecule has 0 heterocycles. The lowest BCUT2D eigenvalue weighted by atomic mass is 10.1. The molecule has 0 spiro atoms. The number of ether oxygens (including phenoxy) is 3. The largest absolute Gasteiger partial charge is 0.497 e. The summed E-state index contributed by atoms with van der Waals surface area (Å²) in [5.41, 5.74) is 1.19. The Morgan fingerprint density at radius 2 is 1.96 bits per heavy atom. The molecule has 0 bridgehead atoms. The van der Waals surface area contributed by atoms with E-state index < -0.39 is 0 Å². The number of methoxy groups -OCH3 is 2. The summed E-state index contributed by atoms with van der Waals surface area (Å²) >= 11 is 0. The minimum absolute atomic E-state index is 0.174. The van der Waals surface area contributed by atoms with Crippen LogP contribution in [0.5, 0.6) is 5.75 Å². The van der Waals surface area contributed by atoms with E-state index in [0.29, 0.717) is 26.4 Å². The molecule has 1 unspecified atom stereocenters. The van der Waals surface area contributed by atoms with Crippen LogP contribution in [0.4, 0.5) is 0 Å². The molecule has 0 aromatic heterocycles. The van der Waals surface area contributed by atoms with Gasteiger partial charge in [0, 0.05) is 26.8 Å². The molecule has 0 aliphatic carbocycles. The Labute approximate surface area is 164 Å². The number of likely N-dealkylation sites (N-methyl/N-ethyl adjacent to an activating group) is 1. The van der Waals surface area contributed by atoms with Crippen LogP contribution in [-0.4, -0.2) is 78.6 Å². The van der Waals surface area contributed by atoms with Crippen molar-refractivity contribution < 1.29 is 14.2 Å². The summed E-state index contributed by atoms with van der Waals surface area (Å²) in [6.45, 7) is 6.33. The van der Waals surface area contributed by atoms with Gasteiger partial charge in [-0.3, -0.25) is 4.99 Å². The van der Waals surface area contributed by atoms with Crippen molar-refractivity contribution in [2.45, 2.75) is 19.4 Å². The highest BCUT2D eigenvalue weighted by molar-refractivity contribution is 5.79. The molecular formula is C20H36N4O3. The predicted molar refractivity (Wildman–Crippen MR) is 111 cm³/mol. The minimum Gasteiger partial charge on any atom is -0.497 e. The fourth-order valence-corrected chi connectivity index (χ4v) is 2.56. The molecule has 7 heteroatoms. The van der Waals surface area contributed by atoms with E-state index in [1.807, 2.05) is 12.1 Å². The third-order valence-corrected chi connectivity index (χ3v) is 4.06. The first-order valence-electron chi connectivity index (χ1n) is 9.51. The van der Waals surface area contributed by atoms with Crippen LogP contribution >= 0.6 is 0 Å². The number of aliphatic imine (C=N–C) groups is 1. The first kappa shape index (κ1) is 23.2. The first-order chi connectivity index (χ1) is 13.1. The van der Waals surface area contributed by atoms with Crippen molar-refractivity contribution >= 4 is 5.96 Å². The Balaban J connectivity index is 2.59. The molecular weight excluding hydrogens is 344 g/mol. The monoisotopic (exact) mass is 380 g/mol. The van der Waals surface area contributed by atoms with E-state index in [-0.39, 0.29) is 6.04 Å². The van der Waals surface area contributed by atoms with Crippen molar-refractivity contribution in [1.29, 1.82) is 0 Å². The van der Waals surface area contributed by atoms with E-state index in [1.165, 1.54) is 5.56 Å². The maximum Gasteiger partial charge on any atom is 0.191 e. The van der Waals surface area contributed by atoms with Crippen molar-refractivity contribution in [3.8, 4) is 5.75 Å². The number of nitrogens with one attached hydrogen (secondary N) is 2. The molecule has 1 aromatic carbocycles. The van der Waals surface area contributed by atoms with Crippen LogP contribution in [0.15, 0.2) is 29.3 Å². The summed E-state index contributed by atoms with van der Waals surface area (Å²) in [4.78, 5) is 6.94. The molecule has 0 amide bonds. The average Bonchev–Trinajstić information content (AvgIpc) is 2.67. The number of hydrogen-bond acceptors (Lipinski definition) is 5. The molecule has 0 aliphatic heterocycles. The van der Waals surface area contributed by atoms with E-state index in [4.69, 9.17) is 19.2 Å².